The molecule has 94 valence electrons. The van der Waals surface area contributed by atoms with Crippen molar-refractivity contribution < 1.29 is 0 Å². The maximum Gasteiger partial charge on any atom is 0.130 e. The fourth-order valence-corrected chi connectivity index (χ4v) is 2.85. The molecule has 1 aliphatic rings. The third-order valence-corrected chi connectivity index (χ3v) is 4.32. The van der Waals surface area contributed by atoms with E-state index in [-0.39, 0.29) is 0 Å². The second-order valence-corrected chi connectivity index (χ2v) is 6.20. The Labute approximate surface area is 108 Å². The summed E-state index contributed by atoms with van der Waals surface area (Å²) in [5.41, 5.74) is 0.364. The van der Waals surface area contributed by atoms with Crippen LogP contribution in [0.3, 0.4) is 0 Å². The Kier molecular flexibility index (Phi) is 3.92. The Balaban J connectivity index is 2.08. The second kappa shape index (κ2) is 5.25. The molecule has 1 aromatic rings. The van der Waals surface area contributed by atoms with Gasteiger partial charge in [-0.2, -0.15) is 0 Å². The largest absolute Gasteiger partial charge is 0.367 e. The van der Waals surface area contributed by atoms with Crippen LogP contribution in [0.2, 0.25) is 0 Å². The van der Waals surface area contributed by atoms with Gasteiger partial charge in [-0.1, -0.05) is 26.7 Å². The highest BCUT2D eigenvalue weighted by Crippen LogP contribution is 2.37. The fourth-order valence-electron chi connectivity index (χ4n) is 2.47. The van der Waals surface area contributed by atoms with Gasteiger partial charge in [0.2, 0.25) is 0 Å². The quantitative estimate of drug-likeness (QED) is 0.658. The normalized spacial score (nSPS) is 23.4. The molecule has 1 atom stereocenters. The van der Waals surface area contributed by atoms with Gasteiger partial charge in [-0.25, -0.2) is 9.97 Å². The number of hydrogen-bond acceptors (Lipinski definition) is 4. The summed E-state index contributed by atoms with van der Waals surface area (Å²) in [7, 11) is 0. The summed E-state index contributed by atoms with van der Waals surface area (Å²) in [6.07, 6.45) is 8.89. The number of anilines is 1. The number of hydrogen-bond donors (Lipinski definition) is 1. The van der Waals surface area contributed by atoms with E-state index in [9.17, 15) is 0 Å². The average molecular weight is 251 g/mol. The number of rotatable bonds is 3. The minimum atomic E-state index is 0.364. The van der Waals surface area contributed by atoms with Gasteiger partial charge in [0.05, 0.1) is 0 Å². The number of thioether (sulfide) groups is 1. The molecule has 1 N–H and O–H groups in total. The molecule has 1 heterocycles. The summed E-state index contributed by atoms with van der Waals surface area (Å²) < 4.78 is 0. The molecule has 1 aliphatic carbocycles. The molecular weight excluding hydrogens is 230 g/mol. The molecule has 0 aromatic carbocycles. The molecule has 1 saturated carbocycles. The van der Waals surface area contributed by atoms with Crippen molar-refractivity contribution in [1.82, 2.24) is 9.97 Å². The lowest BCUT2D eigenvalue weighted by molar-refractivity contribution is 0.216. The average Bonchev–Trinajstić information content (AvgIpc) is 2.32. The molecule has 1 aromatic heterocycles. The third kappa shape index (κ3) is 3.12. The zero-order chi connectivity index (χ0) is 12.3. The summed E-state index contributed by atoms with van der Waals surface area (Å²) in [5, 5.41) is 4.61. The van der Waals surface area contributed by atoms with E-state index >= 15 is 0 Å². The van der Waals surface area contributed by atoms with Crippen molar-refractivity contribution in [3.05, 3.63) is 12.4 Å². The number of nitrogens with zero attached hydrogens (tertiary/aromatic N) is 2. The summed E-state index contributed by atoms with van der Waals surface area (Å²) >= 11 is 1.65. The molecule has 0 aliphatic heterocycles. The zero-order valence-electron chi connectivity index (χ0n) is 10.9. The van der Waals surface area contributed by atoms with Gasteiger partial charge in [0.25, 0.3) is 0 Å². The predicted octanol–water partition coefficient (Wildman–Crippen LogP) is 3.58. The zero-order valence-corrected chi connectivity index (χ0v) is 11.7. The van der Waals surface area contributed by atoms with Crippen LogP contribution in [0.4, 0.5) is 5.82 Å². The van der Waals surface area contributed by atoms with Gasteiger partial charge in [0.15, 0.2) is 0 Å². The van der Waals surface area contributed by atoms with Crippen LogP contribution in [0.5, 0.6) is 0 Å². The number of aromatic nitrogens is 2. The first-order valence-corrected chi connectivity index (χ1v) is 7.47. The van der Waals surface area contributed by atoms with Crippen LogP contribution in [0, 0.1) is 5.41 Å². The minimum absolute atomic E-state index is 0.364. The highest BCUT2D eigenvalue weighted by molar-refractivity contribution is 7.98. The number of nitrogens with one attached hydrogen (secondary N) is 1. The van der Waals surface area contributed by atoms with E-state index in [1.165, 1.54) is 25.7 Å². The second-order valence-electron chi connectivity index (χ2n) is 5.38. The van der Waals surface area contributed by atoms with Crippen LogP contribution in [-0.4, -0.2) is 22.3 Å². The van der Waals surface area contributed by atoms with Gasteiger partial charge in [0.1, 0.15) is 17.2 Å². The third-order valence-electron chi connectivity index (χ3n) is 3.68. The fraction of sp³-hybridized carbons (Fsp3) is 0.692. The van der Waals surface area contributed by atoms with Gasteiger partial charge in [-0.3, -0.25) is 0 Å². The smallest absolute Gasteiger partial charge is 0.130 e. The maximum absolute atomic E-state index is 4.31. The molecule has 0 amide bonds. The van der Waals surface area contributed by atoms with E-state index in [1.54, 1.807) is 18.1 Å². The molecule has 4 heteroatoms. The van der Waals surface area contributed by atoms with E-state index in [0.29, 0.717) is 11.5 Å². The lowest BCUT2D eigenvalue weighted by atomic mass is 9.73. The molecule has 0 radical (unpaired) electrons. The predicted molar refractivity (Wildman–Crippen MR) is 73.5 cm³/mol. The van der Waals surface area contributed by atoms with Gasteiger partial charge >= 0.3 is 0 Å². The summed E-state index contributed by atoms with van der Waals surface area (Å²) in [6, 6.07) is 2.57. The first-order chi connectivity index (χ1) is 8.12. The Morgan fingerprint density at radius 2 is 2.18 bits per heavy atom. The van der Waals surface area contributed by atoms with Crippen molar-refractivity contribution in [3.63, 3.8) is 0 Å². The summed E-state index contributed by atoms with van der Waals surface area (Å²) in [5.74, 6) is 0.962. The van der Waals surface area contributed by atoms with E-state index in [2.05, 4.69) is 29.1 Å². The minimum Gasteiger partial charge on any atom is -0.367 e. The van der Waals surface area contributed by atoms with Crippen molar-refractivity contribution in [2.45, 2.75) is 50.6 Å². The summed E-state index contributed by atoms with van der Waals surface area (Å²) in [4.78, 5) is 8.51. The topological polar surface area (TPSA) is 37.8 Å². The van der Waals surface area contributed by atoms with Gasteiger partial charge in [-0.05, 0) is 24.5 Å². The van der Waals surface area contributed by atoms with Crippen LogP contribution in [0.1, 0.15) is 39.5 Å². The van der Waals surface area contributed by atoms with Gasteiger partial charge in [0, 0.05) is 12.1 Å². The highest BCUT2D eigenvalue weighted by Gasteiger charge is 2.32. The summed E-state index contributed by atoms with van der Waals surface area (Å²) in [6.45, 7) is 4.70. The van der Waals surface area contributed by atoms with Crippen LogP contribution in [-0.2, 0) is 0 Å². The van der Waals surface area contributed by atoms with Crippen molar-refractivity contribution >= 4 is 17.6 Å². The lowest BCUT2D eigenvalue weighted by Gasteiger charge is -2.39. The Morgan fingerprint density at radius 1 is 1.35 bits per heavy atom. The standard InChI is InChI=1S/C13H21N3S/c1-13(2)7-5-4-6-10(13)16-11-8-12(17-3)15-9-14-11/h8-10H,4-7H2,1-3H3,(H,14,15,16). The van der Waals surface area contributed by atoms with E-state index in [4.69, 9.17) is 0 Å². The van der Waals surface area contributed by atoms with Crippen LogP contribution >= 0.6 is 11.8 Å². The molecule has 17 heavy (non-hydrogen) atoms. The van der Waals surface area contributed by atoms with E-state index < -0.39 is 0 Å². The van der Waals surface area contributed by atoms with Crippen molar-refractivity contribution in [2.24, 2.45) is 5.41 Å². The first kappa shape index (κ1) is 12.7. The lowest BCUT2D eigenvalue weighted by Crippen LogP contribution is -2.39. The molecule has 0 bridgehead atoms. The van der Waals surface area contributed by atoms with Crippen LogP contribution < -0.4 is 5.32 Å². The maximum atomic E-state index is 4.31. The van der Waals surface area contributed by atoms with E-state index in [0.717, 1.165) is 10.8 Å². The van der Waals surface area contributed by atoms with Gasteiger partial charge in [-0.15, -0.1) is 11.8 Å². The molecule has 3 nitrogen and oxygen atoms in total. The Morgan fingerprint density at radius 3 is 2.88 bits per heavy atom. The molecule has 0 saturated heterocycles. The monoisotopic (exact) mass is 251 g/mol. The van der Waals surface area contributed by atoms with Crippen molar-refractivity contribution in [2.75, 3.05) is 11.6 Å². The van der Waals surface area contributed by atoms with Crippen LogP contribution in [0.25, 0.3) is 0 Å². The Bertz CT molecular complexity index is 379. The van der Waals surface area contributed by atoms with E-state index in [1.807, 2.05) is 12.3 Å². The van der Waals surface area contributed by atoms with Gasteiger partial charge < -0.3 is 5.32 Å². The molecule has 1 fully saturated rings. The van der Waals surface area contributed by atoms with Crippen molar-refractivity contribution in [3.8, 4) is 0 Å². The SMILES string of the molecule is CSc1cc(NC2CCCCC2(C)C)ncn1. The molecule has 0 spiro atoms. The Hall–Kier alpha value is -0.770. The van der Waals surface area contributed by atoms with Crippen molar-refractivity contribution in [1.29, 1.82) is 0 Å². The molecule has 2 rings (SSSR count). The highest BCUT2D eigenvalue weighted by atomic mass is 32.2. The van der Waals surface area contributed by atoms with Crippen LogP contribution in [0.15, 0.2) is 17.4 Å². The molecule has 1 unspecified atom stereocenters. The first-order valence-electron chi connectivity index (χ1n) is 6.24. The molecular formula is C13H21N3S.